The highest BCUT2D eigenvalue weighted by atomic mass is 35.5. The van der Waals surface area contributed by atoms with Crippen molar-refractivity contribution in [2.45, 2.75) is 19.5 Å². The first-order valence-electron chi connectivity index (χ1n) is 10.3. The third kappa shape index (κ3) is 4.40. The van der Waals surface area contributed by atoms with E-state index in [0.29, 0.717) is 28.5 Å². The predicted octanol–water partition coefficient (Wildman–Crippen LogP) is 4.46. The highest BCUT2D eigenvalue weighted by molar-refractivity contribution is 6.46. The van der Waals surface area contributed by atoms with E-state index in [2.05, 4.69) is 4.98 Å². The Hall–Kier alpha value is -3.84. The standard InChI is InChI=1S/C25H21ClN2O5/c1-2-33-20-13-17(5-8-19(20)26)23(30)21-22(16-3-6-18(29)7-4-16)28(25(32)24(21)31)14-15-9-11-27-12-10-15/h3-13,22,29-30H,2,14H2,1H3/b23-21-. The normalized spacial score (nSPS) is 17.4. The first-order chi connectivity index (χ1) is 15.9. The van der Waals surface area contributed by atoms with Gasteiger partial charge in [-0.1, -0.05) is 23.7 Å². The van der Waals surface area contributed by atoms with Crippen LogP contribution in [0.25, 0.3) is 5.76 Å². The van der Waals surface area contributed by atoms with Gasteiger partial charge in [0.25, 0.3) is 11.7 Å². The van der Waals surface area contributed by atoms with Crippen molar-refractivity contribution in [3.63, 3.8) is 0 Å². The van der Waals surface area contributed by atoms with Gasteiger partial charge in [0.05, 0.1) is 23.2 Å². The quantitative estimate of drug-likeness (QED) is 0.317. The van der Waals surface area contributed by atoms with Crippen LogP contribution in [-0.4, -0.2) is 38.4 Å². The second kappa shape index (κ2) is 9.34. The van der Waals surface area contributed by atoms with E-state index < -0.39 is 17.7 Å². The van der Waals surface area contributed by atoms with Crippen LogP contribution in [0.1, 0.15) is 29.7 Å². The minimum atomic E-state index is -0.856. The maximum Gasteiger partial charge on any atom is 0.295 e. The number of aromatic hydroxyl groups is 1. The molecule has 1 unspecified atom stereocenters. The van der Waals surface area contributed by atoms with Gasteiger partial charge in [0.15, 0.2) is 0 Å². The van der Waals surface area contributed by atoms with Gasteiger partial charge in [-0.25, -0.2) is 0 Å². The van der Waals surface area contributed by atoms with Crippen molar-refractivity contribution in [3.8, 4) is 11.5 Å². The molecule has 1 aromatic heterocycles. The molecule has 0 spiro atoms. The molecule has 1 amide bonds. The molecule has 0 aliphatic carbocycles. The Morgan fingerprint density at radius 2 is 1.79 bits per heavy atom. The van der Waals surface area contributed by atoms with E-state index in [9.17, 15) is 19.8 Å². The molecule has 1 aliphatic heterocycles. The molecular formula is C25H21ClN2O5. The molecule has 0 radical (unpaired) electrons. The van der Waals surface area contributed by atoms with Crippen molar-refractivity contribution in [3.05, 3.63) is 94.3 Å². The van der Waals surface area contributed by atoms with Gasteiger partial charge in [-0.2, -0.15) is 0 Å². The van der Waals surface area contributed by atoms with Crippen molar-refractivity contribution >= 4 is 29.1 Å². The summed E-state index contributed by atoms with van der Waals surface area (Å²) in [7, 11) is 0. The Kier molecular flexibility index (Phi) is 6.33. The third-order valence-corrected chi connectivity index (χ3v) is 5.67. The Labute approximate surface area is 195 Å². The molecule has 4 rings (SSSR count). The number of aliphatic hydroxyl groups excluding tert-OH is 1. The van der Waals surface area contributed by atoms with E-state index >= 15 is 0 Å². The molecule has 3 aromatic rings. The predicted molar refractivity (Wildman–Crippen MR) is 123 cm³/mol. The van der Waals surface area contributed by atoms with E-state index in [1.54, 1.807) is 55.7 Å². The number of aromatic nitrogens is 1. The highest BCUT2D eigenvalue weighted by Crippen LogP contribution is 2.41. The summed E-state index contributed by atoms with van der Waals surface area (Å²) < 4.78 is 5.50. The van der Waals surface area contributed by atoms with Crippen LogP contribution in [0, 0.1) is 0 Å². The van der Waals surface area contributed by atoms with Crippen LogP contribution >= 0.6 is 11.6 Å². The summed E-state index contributed by atoms with van der Waals surface area (Å²) in [5, 5.41) is 21.3. The molecular weight excluding hydrogens is 444 g/mol. The minimum Gasteiger partial charge on any atom is -0.508 e. The second-order valence-corrected chi connectivity index (χ2v) is 7.86. The molecule has 33 heavy (non-hydrogen) atoms. The van der Waals surface area contributed by atoms with Gasteiger partial charge < -0.3 is 19.8 Å². The van der Waals surface area contributed by atoms with Crippen LogP contribution in [0.3, 0.4) is 0 Å². The van der Waals surface area contributed by atoms with E-state index in [1.807, 2.05) is 0 Å². The number of ketones is 1. The first-order valence-corrected chi connectivity index (χ1v) is 10.7. The molecule has 1 saturated heterocycles. The van der Waals surface area contributed by atoms with Crippen molar-refractivity contribution in [2.24, 2.45) is 0 Å². The number of phenols is 1. The molecule has 0 saturated carbocycles. The summed E-state index contributed by atoms with van der Waals surface area (Å²) >= 11 is 6.16. The first kappa shape index (κ1) is 22.4. The maximum absolute atomic E-state index is 13.1. The van der Waals surface area contributed by atoms with Gasteiger partial charge in [0.2, 0.25) is 0 Å². The SMILES string of the molecule is CCOc1cc(/C(O)=C2/C(=O)C(=O)N(Cc3ccncc3)C2c2ccc(O)cc2)ccc1Cl. The number of carbonyl (C=O) groups excluding carboxylic acids is 2. The van der Waals surface area contributed by atoms with Gasteiger partial charge in [-0.3, -0.25) is 14.6 Å². The number of carbonyl (C=O) groups is 2. The zero-order chi connectivity index (χ0) is 23.5. The Morgan fingerprint density at radius 3 is 2.45 bits per heavy atom. The van der Waals surface area contributed by atoms with Gasteiger partial charge in [-0.15, -0.1) is 0 Å². The fraction of sp³-hybridized carbons (Fsp3) is 0.160. The minimum absolute atomic E-state index is 0.0453. The number of likely N-dealkylation sites (tertiary alicyclic amines) is 1. The van der Waals surface area contributed by atoms with Crippen LogP contribution in [0.4, 0.5) is 0 Å². The molecule has 1 atom stereocenters. The number of nitrogens with zero attached hydrogens (tertiary/aromatic N) is 2. The fourth-order valence-corrected chi connectivity index (χ4v) is 3.98. The van der Waals surface area contributed by atoms with Crippen LogP contribution in [0.15, 0.2) is 72.6 Å². The smallest absolute Gasteiger partial charge is 0.295 e. The number of hydrogen-bond acceptors (Lipinski definition) is 6. The summed E-state index contributed by atoms with van der Waals surface area (Å²) in [5.41, 5.74) is 1.60. The summed E-state index contributed by atoms with van der Waals surface area (Å²) in [5.74, 6) is -1.46. The summed E-state index contributed by atoms with van der Waals surface area (Å²) in [4.78, 5) is 31.6. The number of amides is 1. The molecule has 1 aliphatic rings. The average Bonchev–Trinajstić information content (AvgIpc) is 3.06. The van der Waals surface area contributed by atoms with Crippen LogP contribution < -0.4 is 4.74 Å². The van der Waals surface area contributed by atoms with E-state index in [1.165, 1.54) is 23.1 Å². The highest BCUT2D eigenvalue weighted by Gasteiger charge is 2.46. The van der Waals surface area contributed by atoms with Gasteiger partial charge >= 0.3 is 0 Å². The fourth-order valence-electron chi connectivity index (χ4n) is 3.80. The average molecular weight is 465 g/mol. The van der Waals surface area contributed by atoms with E-state index in [4.69, 9.17) is 16.3 Å². The lowest BCUT2D eigenvalue weighted by Gasteiger charge is -2.25. The van der Waals surface area contributed by atoms with Crippen molar-refractivity contribution in [2.75, 3.05) is 6.61 Å². The summed E-state index contributed by atoms with van der Waals surface area (Å²) in [6.45, 7) is 2.31. The van der Waals surface area contributed by atoms with E-state index in [-0.39, 0.29) is 23.6 Å². The molecule has 2 heterocycles. The molecule has 168 valence electrons. The lowest BCUT2D eigenvalue weighted by molar-refractivity contribution is -0.140. The summed E-state index contributed by atoms with van der Waals surface area (Å²) in [6.07, 6.45) is 3.20. The monoisotopic (exact) mass is 464 g/mol. The van der Waals surface area contributed by atoms with E-state index in [0.717, 1.165) is 5.56 Å². The maximum atomic E-state index is 13.1. The van der Waals surface area contributed by atoms with Gasteiger partial charge in [-0.05, 0) is 60.5 Å². The van der Waals surface area contributed by atoms with Crippen molar-refractivity contribution < 1.29 is 24.5 Å². The Bertz CT molecular complexity index is 1230. The number of phenolic OH excluding ortho intramolecular Hbond substituents is 1. The zero-order valence-corrected chi connectivity index (χ0v) is 18.5. The number of rotatable bonds is 6. The number of benzene rings is 2. The Morgan fingerprint density at radius 1 is 1.09 bits per heavy atom. The van der Waals surface area contributed by atoms with Crippen LogP contribution in [0.5, 0.6) is 11.5 Å². The molecule has 8 heteroatoms. The second-order valence-electron chi connectivity index (χ2n) is 7.45. The van der Waals surface area contributed by atoms with Gasteiger partial charge in [0, 0.05) is 24.5 Å². The topological polar surface area (TPSA) is 100.0 Å². The third-order valence-electron chi connectivity index (χ3n) is 5.36. The number of halogens is 1. The zero-order valence-electron chi connectivity index (χ0n) is 17.7. The number of ether oxygens (including phenoxy) is 1. The van der Waals surface area contributed by atoms with Crippen LogP contribution in [-0.2, 0) is 16.1 Å². The molecule has 7 nitrogen and oxygen atoms in total. The molecule has 1 fully saturated rings. The summed E-state index contributed by atoms with van der Waals surface area (Å²) in [6, 6.07) is 13.5. The van der Waals surface area contributed by atoms with Gasteiger partial charge in [0.1, 0.15) is 17.3 Å². The Balaban J connectivity index is 1.86. The van der Waals surface area contributed by atoms with Crippen molar-refractivity contribution in [1.29, 1.82) is 0 Å². The number of aliphatic hydroxyl groups is 1. The molecule has 2 N–H and O–H groups in total. The lowest BCUT2D eigenvalue weighted by Crippen LogP contribution is -2.29. The van der Waals surface area contributed by atoms with Crippen molar-refractivity contribution in [1.82, 2.24) is 9.88 Å². The number of pyridine rings is 1. The number of hydrogen-bond donors (Lipinski definition) is 2. The number of Topliss-reactive ketones (excluding diaryl/α,β-unsaturated/α-hetero) is 1. The van der Waals surface area contributed by atoms with Crippen LogP contribution in [0.2, 0.25) is 5.02 Å². The lowest BCUT2D eigenvalue weighted by atomic mass is 9.95. The molecule has 2 aromatic carbocycles. The molecule has 0 bridgehead atoms. The largest absolute Gasteiger partial charge is 0.508 e.